The van der Waals surface area contributed by atoms with Gasteiger partial charge in [0.05, 0.1) is 23.4 Å². The van der Waals surface area contributed by atoms with E-state index in [1.54, 1.807) is 0 Å². The van der Waals surface area contributed by atoms with E-state index in [2.05, 4.69) is 44.1 Å². The third kappa shape index (κ3) is 5.52. The number of ether oxygens (including phenoxy) is 1. The molecule has 2 saturated heterocycles. The Labute approximate surface area is 261 Å². The number of fused-ring (bicyclic) bond motifs is 2. The van der Waals surface area contributed by atoms with E-state index in [0.717, 1.165) is 49.0 Å². The molecule has 1 aliphatic carbocycles. The Balaban J connectivity index is 1.34. The van der Waals surface area contributed by atoms with Crippen LogP contribution < -0.4 is 15.0 Å². The molecule has 1 saturated carbocycles. The van der Waals surface area contributed by atoms with Crippen molar-refractivity contribution < 1.29 is 17.9 Å². The van der Waals surface area contributed by atoms with Crippen molar-refractivity contribution in [1.29, 1.82) is 0 Å². The zero-order chi connectivity index (χ0) is 31.6. The van der Waals surface area contributed by atoms with E-state index in [1.807, 2.05) is 26.8 Å². The van der Waals surface area contributed by atoms with Crippen LogP contribution in [0.3, 0.4) is 0 Å². The fraction of sp³-hybridized carbons (Fsp3) is 0.559. The van der Waals surface area contributed by atoms with Gasteiger partial charge in [0.1, 0.15) is 23.3 Å². The molecule has 11 heteroatoms. The highest BCUT2D eigenvalue weighted by Gasteiger charge is 2.46. The van der Waals surface area contributed by atoms with Crippen LogP contribution in [0.25, 0.3) is 32.9 Å². The Kier molecular flexibility index (Phi) is 7.67. The second-order valence-electron chi connectivity index (χ2n) is 13.7. The fourth-order valence-corrected chi connectivity index (χ4v) is 7.33. The second kappa shape index (κ2) is 11.4. The van der Waals surface area contributed by atoms with Crippen LogP contribution in [0.4, 0.5) is 19.0 Å². The number of hydrogen-bond acceptors (Lipinski definition) is 7. The second-order valence-corrected chi connectivity index (χ2v) is 13.7. The van der Waals surface area contributed by atoms with Gasteiger partial charge in [-0.2, -0.15) is 15.1 Å². The SMILES string of the molecule is CC[C@@H]1CN(c2nc(OCC3(CN4CC[C@@H](F)C4)CC3)nc3c(F)c(-c4c(C)c(C)cc5[nH]nc(C)c45)c(F)cc23)C[C@@H](C)N1. The van der Waals surface area contributed by atoms with E-state index in [4.69, 9.17) is 9.72 Å². The number of aryl methyl sites for hydroxylation is 2. The minimum atomic E-state index is -0.775. The molecule has 2 aromatic heterocycles. The van der Waals surface area contributed by atoms with Crippen LogP contribution >= 0.6 is 0 Å². The van der Waals surface area contributed by atoms with Gasteiger partial charge < -0.3 is 15.0 Å². The van der Waals surface area contributed by atoms with Crippen molar-refractivity contribution >= 4 is 27.6 Å². The lowest BCUT2D eigenvalue weighted by atomic mass is 9.91. The first-order valence-electron chi connectivity index (χ1n) is 16.2. The number of nitrogens with one attached hydrogen (secondary N) is 2. The molecule has 0 amide bonds. The zero-order valence-corrected chi connectivity index (χ0v) is 26.7. The van der Waals surface area contributed by atoms with E-state index in [-0.39, 0.29) is 34.6 Å². The van der Waals surface area contributed by atoms with Crippen molar-refractivity contribution in [2.75, 3.05) is 44.2 Å². The number of benzene rings is 2. The predicted molar refractivity (Wildman–Crippen MR) is 171 cm³/mol. The molecule has 240 valence electrons. The molecular formula is C34H42F3N7O. The number of halogens is 3. The van der Waals surface area contributed by atoms with Gasteiger partial charge in [-0.15, -0.1) is 0 Å². The smallest absolute Gasteiger partial charge is 0.319 e. The van der Waals surface area contributed by atoms with Crippen LogP contribution in [0.15, 0.2) is 12.1 Å². The molecule has 2 aromatic carbocycles. The summed E-state index contributed by atoms with van der Waals surface area (Å²) in [4.78, 5) is 13.7. The van der Waals surface area contributed by atoms with E-state index in [0.29, 0.717) is 60.5 Å². The van der Waals surface area contributed by atoms with Crippen LogP contribution in [-0.4, -0.2) is 82.7 Å². The number of hydrogen-bond donors (Lipinski definition) is 2. The molecule has 8 nitrogen and oxygen atoms in total. The Morgan fingerprint density at radius 3 is 2.58 bits per heavy atom. The highest BCUT2D eigenvalue weighted by atomic mass is 19.1. The van der Waals surface area contributed by atoms with Crippen LogP contribution in [-0.2, 0) is 0 Å². The van der Waals surface area contributed by atoms with Crippen molar-refractivity contribution in [1.82, 2.24) is 30.4 Å². The van der Waals surface area contributed by atoms with Crippen LogP contribution in [0, 0.1) is 37.8 Å². The Morgan fingerprint density at radius 2 is 1.87 bits per heavy atom. The van der Waals surface area contributed by atoms with Gasteiger partial charge in [-0.3, -0.25) is 10.00 Å². The molecule has 0 unspecified atom stereocenters. The molecule has 0 bridgehead atoms. The average Bonchev–Trinajstić information content (AvgIpc) is 3.50. The largest absolute Gasteiger partial charge is 0.463 e. The Morgan fingerprint density at radius 1 is 1.07 bits per heavy atom. The number of aromatic nitrogens is 4. The number of nitrogens with zero attached hydrogens (tertiary/aromatic N) is 5. The molecule has 3 aliphatic rings. The molecule has 4 heterocycles. The van der Waals surface area contributed by atoms with E-state index in [9.17, 15) is 4.39 Å². The van der Waals surface area contributed by atoms with Crippen LogP contribution in [0.5, 0.6) is 6.01 Å². The van der Waals surface area contributed by atoms with Crippen LogP contribution in [0.2, 0.25) is 0 Å². The molecule has 3 atom stereocenters. The van der Waals surface area contributed by atoms with Gasteiger partial charge >= 0.3 is 6.01 Å². The lowest BCUT2D eigenvalue weighted by Crippen LogP contribution is -2.55. The third-order valence-corrected chi connectivity index (χ3v) is 10.1. The van der Waals surface area contributed by atoms with Gasteiger partial charge in [0.25, 0.3) is 0 Å². The molecular weight excluding hydrogens is 579 g/mol. The summed E-state index contributed by atoms with van der Waals surface area (Å²) >= 11 is 0. The van der Waals surface area contributed by atoms with Crippen molar-refractivity contribution in [3.63, 3.8) is 0 Å². The maximum Gasteiger partial charge on any atom is 0.319 e. The summed E-state index contributed by atoms with van der Waals surface area (Å²) in [6, 6.07) is 3.78. The summed E-state index contributed by atoms with van der Waals surface area (Å²) in [7, 11) is 0. The average molecular weight is 622 g/mol. The molecule has 3 fully saturated rings. The quantitative estimate of drug-likeness (QED) is 0.244. The third-order valence-electron chi connectivity index (χ3n) is 10.1. The maximum absolute atomic E-state index is 16.9. The van der Waals surface area contributed by atoms with Crippen molar-refractivity contribution in [2.45, 2.75) is 78.6 Å². The lowest BCUT2D eigenvalue weighted by molar-refractivity contribution is 0.165. The monoisotopic (exact) mass is 621 g/mol. The molecule has 2 N–H and O–H groups in total. The summed E-state index contributed by atoms with van der Waals surface area (Å²) in [5.41, 5.74) is 3.38. The summed E-state index contributed by atoms with van der Waals surface area (Å²) in [6.45, 7) is 13.5. The highest BCUT2D eigenvalue weighted by molar-refractivity contribution is 6.02. The summed E-state index contributed by atoms with van der Waals surface area (Å²) in [5, 5.41) is 12.0. The van der Waals surface area contributed by atoms with Gasteiger partial charge in [0.2, 0.25) is 0 Å². The Bertz CT molecular complexity index is 1770. The molecule has 0 spiro atoms. The molecule has 2 aliphatic heterocycles. The standard InChI is InChI=1S/C34H42F3N7O/c1-6-23-15-44(13-19(3)38-23)32-24-12-25(36)29(27-20(4)18(2)11-26-28(27)21(5)41-42-26)30(37)31(24)39-33(40-32)45-17-34(8-9-34)16-43-10-7-22(35)14-43/h11-12,19,22-23,38H,6-10,13-17H2,1-5H3,(H,41,42)/t19-,22-,23-/m1/s1. The number of alkyl halides is 1. The summed E-state index contributed by atoms with van der Waals surface area (Å²) in [5.74, 6) is -0.934. The molecule has 4 aromatic rings. The van der Waals surface area contributed by atoms with E-state index >= 15 is 8.78 Å². The number of anilines is 1. The maximum atomic E-state index is 16.9. The minimum Gasteiger partial charge on any atom is -0.463 e. The number of H-pyrrole nitrogens is 1. The zero-order valence-electron chi connectivity index (χ0n) is 26.7. The predicted octanol–water partition coefficient (Wildman–Crippen LogP) is 6.16. The molecule has 45 heavy (non-hydrogen) atoms. The first kappa shape index (κ1) is 30.2. The first-order chi connectivity index (χ1) is 21.6. The first-order valence-corrected chi connectivity index (χ1v) is 16.2. The topological polar surface area (TPSA) is 82.2 Å². The summed E-state index contributed by atoms with van der Waals surface area (Å²) < 4.78 is 53.4. The van der Waals surface area contributed by atoms with Gasteiger partial charge in [-0.1, -0.05) is 6.92 Å². The van der Waals surface area contributed by atoms with Gasteiger partial charge in [0.15, 0.2) is 5.82 Å². The number of rotatable bonds is 8. The lowest BCUT2D eigenvalue weighted by Gasteiger charge is -2.38. The van der Waals surface area contributed by atoms with Crippen molar-refractivity contribution in [3.8, 4) is 17.1 Å². The van der Waals surface area contributed by atoms with Crippen molar-refractivity contribution in [2.24, 2.45) is 5.41 Å². The van der Waals surface area contributed by atoms with Gasteiger partial charge in [-0.25, -0.2) is 13.2 Å². The normalized spacial score (nSPS) is 23.4. The van der Waals surface area contributed by atoms with Gasteiger partial charge in [0, 0.05) is 66.6 Å². The number of piperazine rings is 1. The van der Waals surface area contributed by atoms with Crippen molar-refractivity contribution in [3.05, 3.63) is 40.6 Å². The van der Waals surface area contributed by atoms with Gasteiger partial charge in [-0.05, 0) is 76.6 Å². The van der Waals surface area contributed by atoms with E-state index in [1.165, 1.54) is 6.07 Å². The summed E-state index contributed by atoms with van der Waals surface area (Å²) in [6.07, 6.45) is 2.66. The fourth-order valence-electron chi connectivity index (χ4n) is 7.33. The van der Waals surface area contributed by atoms with Crippen LogP contribution in [0.1, 0.15) is 56.4 Å². The number of aromatic amines is 1. The minimum absolute atomic E-state index is 0.0329. The Hall–Kier alpha value is -3.44. The molecule has 7 rings (SSSR count). The highest BCUT2D eigenvalue weighted by Crippen LogP contribution is 2.47. The number of likely N-dealkylation sites (tertiary alicyclic amines) is 1. The molecule has 0 radical (unpaired) electrons. The van der Waals surface area contributed by atoms with E-state index < -0.39 is 17.8 Å².